The Kier molecular flexibility index (Phi) is 5.75. The zero-order valence-electron chi connectivity index (χ0n) is 13.0. The minimum atomic E-state index is 0.302. The molecule has 0 aliphatic heterocycles. The number of benzene rings is 1. The largest absolute Gasteiger partial charge is 0.483 e. The summed E-state index contributed by atoms with van der Waals surface area (Å²) in [7, 11) is 0. The van der Waals surface area contributed by atoms with Crippen LogP contribution in [0.25, 0.3) is 0 Å². The number of aromatic nitrogens is 2. The number of ether oxygens (including phenoxy) is 1. The van der Waals surface area contributed by atoms with Gasteiger partial charge in [-0.05, 0) is 26.0 Å². The molecule has 0 amide bonds. The highest BCUT2D eigenvalue weighted by molar-refractivity contribution is 5.36. The highest BCUT2D eigenvalue weighted by atomic mass is 16.5. The Labute approximate surface area is 125 Å². The normalized spacial score (nSPS) is 10.8. The summed E-state index contributed by atoms with van der Waals surface area (Å²) in [5.74, 6) is 2.02. The molecule has 0 spiro atoms. The van der Waals surface area contributed by atoms with Gasteiger partial charge in [0.1, 0.15) is 5.75 Å². The van der Waals surface area contributed by atoms with Crippen molar-refractivity contribution in [3.8, 4) is 5.75 Å². The van der Waals surface area contributed by atoms with Crippen LogP contribution in [0, 0.1) is 6.92 Å². The molecule has 2 rings (SSSR count). The van der Waals surface area contributed by atoms with Crippen LogP contribution in [0.4, 0.5) is 0 Å². The molecule has 0 bridgehead atoms. The smallest absolute Gasteiger partial charge is 0.253 e. The molecule has 0 fully saturated rings. The quantitative estimate of drug-likeness (QED) is 0.757. The van der Waals surface area contributed by atoms with E-state index in [0.29, 0.717) is 18.4 Å². The molecule has 0 unspecified atom stereocenters. The molecule has 5 nitrogen and oxygen atoms in total. The third-order valence-corrected chi connectivity index (χ3v) is 3.12. The number of aryl methyl sites for hydroxylation is 2. The molecule has 114 valence electrons. The Morgan fingerprint density at radius 1 is 1.19 bits per heavy atom. The van der Waals surface area contributed by atoms with Crippen molar-refractivity contribution in [1.29, 1.82) is 0 Å². The summed E-state index contributed by atoms with van der Waals surface area (Å²) in [5.41, 5.74) is 2.38. The number of nitrogens with one attached hydrogen (secondary N) is 1. The van der Waals surface area contributed by atoms with Gasteiger partial charge in [-0.1, -0.05) is 31.5 Å². The Hall–Kier alpha value is -1.88. The highest BCUT2D eigenvalue weighted by Gasteiger charge is 2.08. The standard InChI is InChI=1S/C16H23N3O2/c1-4-8-17-10-13-9-12(3)6-7-14(13)20-11-16-19-18-15(5-2)21-16/h6-7,9,17H,4-5,8,10-11H2,1-3H3. The SMILES string of the molecule is CCCNCc1cc(C)ccc1OCc1nnc(CC)o1. The van der Waals surface area contributed by atoms with E-state index in [2.05, 4.69) is 35.4 Å². The topological polar surface area (TPSA) is 60.2 Å². The lowest BCUT2D eigenvalue weighted by Gasteiger charge is -2.12. The second kappa shape index (κ2) is 7.78. The maximum Gasteiger partial charge on any atom is 0.253 e. The Morgan fingerprint density at radius 3 is 2.71 bits per heavy atom. The average molecular weight is 289 g/mol. The summed E-state index contributed by atoms with van der Waals surface area (Å²) in [6, 6.07) is 6.18. The van der Waals surface area contributed by atoms with Crippen molar-refractivity contribution in [3.05, 3.63) is 41.1 Å². The van der Waals surface area contributed by atoms with Crippen molar-refractivity contribution in [3.63, 3.8) is 0 Å². The van der Waals surface area contributed by atoms with Gasteiger partial charge >= 0.3 is 0 Å². The van der Waals surface area contributed by atoms with Crippen LogP contribution >= 0.6 is 0 Å². The van der Waals surface area contributed by atoms with Gasteiger partial charge in [0, 0.05) is 18.5 Å². The zero-order chi connectivity index (χ0) is 15.1. The van der Waals surface area contributed by atoms with E-state index < -0.39 is 0 Å². The van der Waals surface area contributed by atoms with Crippen LogP contribution in [-0.4, -0.2) is 16.7 Å². The van der Waals surface area contributed by atoms with Crippen molar-refractivity contribution in [2.45, 2.75) is 46.8 Å². The van der Waals surface area contributed by atoms with E-state index in [1.54, 1.807) is 0 Å². The van der Waals surface area contributed by atoms with Crippen LogP contribution in [0.2, 0.25) is 0 Å². The van der Waals surface area contributed by atoms with Gasteiger partial charge in [-0.2, -0.15) is 0 Å². The minimum absolute atomic E-state index is 0.302. The first-order valence-electron chi connectivity index (χ1n) is 7.47. The lowest BCUT2D eigenvalue weighted by molar-refractivity contribution is 0.256. The average Bonchev–Trinajstić information content (AvgIpc) is 2.95. The monoisotopic (exact) mass is 289 g/mol. The molecule has 1 N–H and O–H groups in total. The maximum atomic E-state index is 5.83. The van der Waals surface area contributed by atoms with E-state index in [9.17, 15) is 0 Å². The van der Waals surface area contributed by atoms with Crippen LogP contribution in [-0.2, 0) is 19.6 Å². The fourth-order valence-electron chi connectivity index (χ4n) is 2.02. The summed E-state index contributed by atoms with van der Waals surface area (Å²) < 4.78 is 11.3. The van der Waals surface area contributed by atoms with Crippen LogP contribution in [0.5, 0.6) is 5.75 Å². The van der Waals surface area contributed by atoms with Gasteiger partial charge in [0.15, 0.2) is 6.61 Å². The van der Waals surface area contributed by atoms with Crippen molar-refractivity contribution in [2.75, 3.05) is 6.54 Å². The summed E-state index contributed by atoms with van der Waals surface area (Å²) >= 11 is 0. The van der Waals surface area contributed by atoms with E-state index in [1.165, 1.54) is 5.56 Å². The van der Waals surface area contributed by atoms with Gasteiger partial charge in [0.05, 0.1) is 0 Å². The lowest BCUT2D eigenvalue weighted by atomic mass is 10.1. The predicted octanol–water partition coefficient (Wildman–Crippen LogP) is 3.02. The van der Waals surface area contributed by atoms with E-state index in [4.69, 9.17) is 9.15 Å². The van der Waals surface area contributed by atoms with E-state index in [-0.39, 0.29) is 0 Å². The first-order chi connectivity index (χ1) is 10.2. The van der Waals surface area contributed by atoms with Gasteiger partial charge in [0.2, 0.25) is 5.89 Å². The fraction of sp³-hybridized carbons (Fsp3) is 0.500. The van der Waals surface area contributed by atoms with Gasteiger partial charge in [-0.25, -0.2) is 0 Å². The summed E-state index contributed by atoms with van der Waals surface area (Å²) in [5, 5.41) is 11.3. The Balaban J connectivity index is 2.00. The summed E-state index contributed by atoms with van der Waals surface area (Å²) in [4.78, 5) is 0. The van der Waals surface area contributed by atoms with Crippen molar-refractivity contribution >= 4 is 0 Å². The molecule has 5 heteroatoms. The minimum Gasteiger partial charge on any atom is -0.483 e. The predicted molar refractivity (Wildman–Crippen MR) is 81.2 cm³/mol. The molecule has 1 aromatic heterocycles. The first kappa shape index (κ1) is 15.5. The zero-order valence-corrected chi connectivity index (χ0v) is 13.0. The Morgan fingerprint density at radius 2 is 2.00 bits per heavy atom. The van der Waals surface area contributed by atoms with Crippen LogP contribution < -0.4 is 10.1 Å². The highest BCUT2D eigenvalue weighted by Crippen LogP contribution is 2.21. The number of nitrogens with zero attached hydrogens (tertiary/aromatic N) is 2. The number of hydrogen-bond donors (Lipinski definition) is 1. The molecule has 0 saturated carbocycles. The molecule has 1 heterocycles. The van der Waals surface area contributed by atoms with Crippen molar-refractivity contribution < 1.29 is 9.15 Å². The van der Waals surface area contributed by atoms with Crippen LogP contribution in [0.3, 0.4) is 0 Å². The fourth-order valence-corrected chi connectivity index (χ4v) is 2.02. The molecule has 0 radical (unpaired) electrons. The molecule has 0 atom stereocenters. The van der Waals surface area contributed by atoms with Gasteiger partial charge < -0.3 is 14.5 Å². The molecule has 21 heavy (non-hydrogen) atoms. The number of hydrogen-bond acceptors (Lipinski definition) is 5. The molecule has 0 aliphatic rings. The third-order valence-electron chi connectivity index (χ3n) is 3.12. The maximum absolute atomic E-state index is 5.83. The van der Waals surface area contributed by atoms with E-state index >= 15 is 0 Å². The lowest BCUT2D eigenvalue weighted by Crippen LogP contribution is -2.14. The molecular weight excluding hydrogens is 266 g/mol. The van der Waals surface area contributed by atoms with Crippen molar-refractivity contribution in [1.82, 2.24) is 15.5 Å². The molecule has 0 saturated heterocycles. The molecular formula is C16H23N3O2. The van der Waals surface area contributed by atoms with Gasteiger partial charge in [0.25, 0.3) is 5.89 Å². The molecule has 1 aromatic carbocycles. The molecule has 2 aromatic rings. The Bertz CT molecular complexity index is 566. The second-order valence-corrected chi connectivity index (χ2v) is 5.02. The van der Waals surface area contributed by atoms with E-state index in [0.717, 1.165) is 37.2 Å². The third kappa shape index (κ3) is 4.56. The number of rotatable bonds is 8. The summed E-state index contributed by atoms with van der Waals surface area (Å²) in [6.45, 7) is 8.32. The van der Waals surface area contributed by atoms with Gasteiger partial charge in [-0.15, -0.1) is 10.2 Å². The molecule has 0 aliphatic carbocycles. The summed E-state index contributed by atoms with van der Waals surface area (Å²) in [6.07, 6.45) is 1.85. The van der Waals surface area contributed by atoms with Crippen LogP contribution in [0.15, 0.2) is 22.6 Å². The van der Waals surface area contributed by atoms with Crippen molar-refractivity contribution in [2.24, 2.45) is 0 Å². The van der Waals surface area contributed by atoms with E-state index in [1.807, 2.05) is 19.1 Å². The van der Waals surface area contributed by atoms with Gasteiger partial charge in [-0.3, -0.25) is 0 Å². The second-order valence-electron chi connectivity index (χ2n) is 5.02. The van der Waals surface area contributed by atoms with Crippen LogP contribution in [0.1, 0.15) is 43.2 Å². The first-order valence-corrected chi connectivity index (χ1v) is 7.47.